The predicted octanol–water partition coefficient (Wildman–Crippen LogP) is 3.85. The first-order valence-electron chi connectivity index (χ1n) is 6.20. The number of rotatable bonds is 6. The minimum absolute atomic E-state index is 0.171. The van der Waals surface area contributed by atoms with Gasteiger partial charge in [0, 0.05) is 17.3 Å². The molecule has 0 saturated carbocycles. The number of hydrogen-bond acceptors (Lipinski definition) is 3. The van der Waals surface area contributed by atoms with E-state index in [1.807, 2.05) is 24.3 Å². The molecule has 5 heteroatoms. The van der Waals surface area contributed by atoms with Crippen molar-refractivity contribution in [1.82, 2.24) is 0 Å². The Labute approximate surface area is 128 Å². The average Bonchev–Trinajstić information content (AvgIpc) is 2.46. The summed E-state index contributed by atoms with van der Waals surface area (Å²) >= 11 is 11.8. The Morgan fingerprint density at radius 2 is 1.75 bits per heavy atom. The second-order valence-corrected chi connectivity index (χ2v) is 5.13. The third kappa shape index (κ3) is 4.60. The fraction of sp³-hybridized carbons (Fsp3) is 0.200. The first-order valence-corrected chi connectivity index (χ1v) is 6.95. The first-order chi connectivity index (χ1) is 9.65. The van der Waals surface area contributed by atoms with Gasteiger partial charge in [0.25, 0.3) is 0 Å². The highest BCUT2D eigenvalue weighted by Crippen LogP contribution is 2.23. The Morgan fingerprint density at radius 1 is 1.05 bits per heavy atom. The van der Waals surface area contributed by atoms with Crippen molar-refractivity contribution in [2.24, 2.45) is 0 Å². The molecule has 2 aromatic rings. The van der Waals surface area contributed by atoms with E-state index in [1.165, 1.54) is 0 Å². The van der Waals surface area contributed by atoms with Gasteiger partial charge in [-0.15, -0.1) is 0 Å². The van der Waals surface area contributed by atoms with Crippen LogP contribution >= 0.6 is 23.2 Å². The van der Waals surface area contributed by atoms with E-state index in [2.05, 4.69) is 5.32 Å². The molecule has 0 saturated heterocycles. The third-order valence-corrected chi connectivity index (χ3v) is 3.22. The predicted molar refractivity (Wildman–Crippen MR) is 82.9 cm³/mol. The lowest BCUT2D eigenvalue weighted by molar-refractivity contribution is 0.117. The molecule has 0 aliphatic rings. The van der Waals surface area contributed by atoms with Crippen molar-refractivity contribution in [2.45, 2.75) is 6.10 Å². The van der Waals surface area contributed by atoms with E-state index in [9.17, 15) is 5.11 Å². The van der Waals surface area contributed by atoms with E-state index in [0.29, 0.717) is 22.3 Å². The third-order valence-electron chi connectivity index (χ3n) is 2.65. The van der Waals surface area contributed by atoms with Crippen LogP contribution in [-0.4, -0.2) is 24.4 Å². The molecule has 0 aromatic heterocycles. The normalized spacial score (nSPS) is 11.9. The van der Waals surface area contributed by atoms with E-state index >= 15 is 0 Å². The SMILES string of the molecule is OC(CNc1ccc(Cl)cc1)COc1ccccc1Cl. The summed E-state index contributed by atoms with van der Waals surface area (Å²) in [4.78, 5) is 0. The Kier molecular flexibility index (Phi) is 5.53. The van der Waals surface area contributed by atoms with Crippen molar-refractivity contribution < 1.29 is 9.84 Å². The quantitative estimate of drug-likeness (QED) is 0.851. The second-order valence-electron chi connectivity index (χ2n) is 4.28. The van der Waals surface area contributed by atoms with Crippen LogP contribution in [0.4, 0.5) is 5.69 Å². The molecule has 0 amide bonds. The average molecular weight is 312 g/mol. The van der Waals surface area contributed by atoms with Crippen LogP contribution in [0.2, 0.25) is 10.0 Å². The maximum absolute atomic E-state index is 9.86. The molecule has 1 atom stereocenters. The van der Waals surface area contributed by atoms with Crippen molar-refractivity contribution in [2.75, 3.05) is 18.5 Å². The van der Waals surface area contributed by atoms with E-state index in [4.69, 9.17) is 27.9 Å². The monoisotopic (exact) mass is 311 g/mol. The number of nitrogens with one attached hydrogen (secondary N) is 1. The van der Waals surface area contributed by atoms with E-state index in [-0.39, 0.29) is 6.61 Å². The van der Waals surface area contributed by atoms with Crippen molar-refractivity contribution in [3.8, 4) is 5.75 Å². The number of aliphatic hydroxyl groups is 1. The number of para-hydroxylation sites is 1. The highest BCUT2D eigenvalue weighted by Gasteiger charge is 2.07. The zero-order valence-electron chi connectivity index (χ0n) is 10.7. The first kappa shape index (κ1) is 15.0. The lowest BCUT2D eigenvalue weighted by atomic mass is 10.3. The van der Waals surface area contributed by atoms with Crippen LogP contribution in [-0.2, 0) is 0 Å². The number of anilines is 1. The molecule has 3 nitrogen and oxygen atoms in total. The van der Waals surface area contributed by atoms with Crippen LogP contribution in [0.15, 0.2) is 48.5 Å². The zero-order valence-corrected chi connectivity index (χ0v) is 12.2. The standard InChI is InChI=1S/C15H15Cl2NO2/c16-11-5-7-12(8-6-11)18-9-13(19)10-20-15-4-2-1-3-14(15)17/h1-8,13,18-19H,9-10H2. The fourth-order valence-electron chi connectivity index (χ4n) is 1.61. The van der Waals surface area contributed by atoms with Crippen molar-refractivity contribution in [3.05, 3.63) is 58.6 Å². The summed E-state index contributed by atoms with van der Waals surface area (Å²) in [6.07, 6.45) is -0.637. The molecule has 2 N–H and O–H groups in total. The number of ether oxygens (including phenoxy) is 1. The van der Waals surface area contributed by atoms with Crippen LogP contribution in [0.1, 0.15) is 0 Å². The molecule has 0 aliphatic heterocycles. The van der Waals surface area contributed by atoms with Gasteiger partial charge >= 0.3 is 0 Å². The summed E-state index contributed by atoms with van der Waals surface area (Å²) in [5, 5.41) is 14.2. The van der Waals surface area contributed by atoms with Gasteiger partial charge < -0.3 is 15.2 Å². The maximum atomic E-state index is 9.86. The molecule has 0 radical (unpaired) electrons. The lowest BCUT2D eigenvalue weighted by Crippen LogP contribution is -2.26. The molecule has 2 rings (SSSR count). The minimum Gasteiger partial charge on any atom is -0.489 e. The summed E-state index contributed by atoms with van der Waals surface area (Å²) in [5.41, 5.74) is 0.895. The summed E-state index contributed by atoms with van der Waals surface area (Å²) in [6, 6.07) is 14.4. The molecule has 106 valence electrons. The molecule has 20 heavy (non-hydrogen) atoms. The van der Waals surface area contributed by atoms with Gasteiger partial charge in [-0.1, -0.05) is 35.3 Å². The van der Waals surface area contributed by atoms with E-state index in [1.54, 1.807) is 24.3 Å². The zero-order chi connectivity index (χ0) is 14.4. The summed E-state index contributed by atoms with van der Waals surface area (Å²) in [5.74, 6) is 0.569. The van der Waals surface area contributed by atoms with Crippen LogP contribution in [0, 0.1) is 0 Å². The molecule has 1 unspecified atom stereocenters. The highest BCUT2D eigenvalue weighted by atomic mass is 35.5. The number of benzene rings is 2. The number of aliphatic hydroxyl groups excluding tert-OH is 1. The van der Waals surface area contributed by atoms with Crippen LogP contribution in [0.3, 0.4) is 0 Å². The lowest BCUT2D eigenvalue weighted by Gasteiger charge is -2.14. The molecular formula is C15H15Cl2NO2. The van der Waals surface area contributed by atoms with Crippen molar-refractivity contribution in [3.63, 3.8) is 0 Å². The molecular weight excluding hydrogens is 297 g/mol. The van der Waals surface area contributed by atoms with Gasteiger partial charge in [-0.3, -0.25) is 0 Å². The smallest absolute Gasteiger partial charge is 0.138 e. The van der Waals surface area contributed by atoms with E-state index < -0.39 is 6.10 Å². The van der Waals surface area contributed by atoms with E-state index in [0.717, 1.165) is 5.69 Å². The van der Waals surface area contributed by atoms with Crippen molar-refractivity contribution >= 4 is 28.9 Å². The second kappa shape index (κ2) is 7.39. The van der Waals surface area contributed by atoms with Crippen LogP contribution in [0.25, 0.3) is 0 Å². The van der Waals surface area contributed by atoms with Gasteiger partial charge in [-0.25, -0.2) is 0 Å². The van der Waals surface area contributed by atoms with Gasteiger partial charge in [0.1, 0.15) is 18.5 Å². The Morgan fingerprint density at radius 3 is 2.45 bits per heavy atom. The summed E-state index contributed by atoms with van der Waals surface area (Å²) < 4.78 is 5.46. The fourth-order valence-corrected chi connectivity index (χ4v) is 1.93. The topological polar surface area (TPSA) is 41.5 Å². The Balaban J connectivity index is 1.77. The molecule has 0 spiro atoms. The van der Waals surface area contributed by atoms with Crippen LogP contribution in [0.5, 0.6) is 5.75 Å². The summed E-state index contributed by atoms with van der Waals surface area (Å²) in [6.45, 7) is 0.552. The maximum Gasteiger partial charge on any atom is 0.138 e. The van der Waals surface area contributed by atoms with Gasteiger partial charge in [-0.05, 0) is 36.4 Å². The van der Waals surface area contributed by atoms with Crippen molar-refractivity contribution in [1.29, 1.82) is 0 Å². The van der Waals surface area contributed by atoms with Crippen LogP contribution < -0.4 is 10.1 Å². The van der Waals surface area contributed by atoms with Gasteiger partial charge in [-0.2, -0.15) is 0 Å². The largest absolute Gasteiger partial charge is 0.489 e. The highest BCUT2D eigenvalue weighted by molar-refractivity contribution is 6.32. The number of halogens is 2. The Hall–Kier alpha value is -1.42. The Bertz CT molecular complexity index is 546. The minimum atomic E-state index is -0.637. The molecule has 0 aliphatic carbocycles. The molecule has 2 aromatic carbocycles. The molecule has 0 heterocycles. The number of hydrogen-bond donors (Lipinski definition) is 2. The van der Waals surface area contributed by atoms with Gasteiger partial charge in [0.05, 0.1) is 5.02 Å². The van der Waals surface area contributed by atoms with Gasteiger partial charge in [0.2, 0.25) is 0 Å². The molecule has 0 fully saturated rings. The van der Waals surface area contributed by atoms with Gasteiger partial charge in [0.15, 0.2) is 0 Å². The summed E-state index contributed by atoms with van der Waals surface area (Å²) in [7, 11) is 0. The molecule has 0 bridgehead atoms.